The average molecular weight is 425 g/mol. The number of aryl methyl sites for hydroxylation is 1. The average Bonchev–Trinajstić information content (AvgIpc) is 2.78. The first-order chi connectivity index (χ1) is 15.5. The number of nitrogens with zero attached hydrogens (tertiary/aromatic N) is 5. The maximum atomic E-state index is 11.3. The Kier molecular flexibility index (Phi) is 3.44. The molecule has 0 amide bonds. The summed E-state index contributed by atoms with van der Waals surface area (Å²) in [6.07, 6.45) is 0. The van der Waals surface area contributed by atoms with E-state index in [9.17, 15) is 10.1 Å². The SMILES string of the molecule is Cc1ccc2c(c1)CN1CN2Cc2c1ccc1c2CN2CN1Cc1cc([N+](=O)[O-])ccc12. The van der Waals surface area contributed by atoms with Crippen molar-refractivity contribution in [2.75, 3.05) is 32.9 Å². The van der Waals surface area contributed by atoms with Crippen LogP contribution in [0.1, 0.15) is 27.8 Å². The lowest BCUT2D eigenvalue weighted by atomic mass is 9.92. The van der Waals surface area contributed by atoms with E-state index in [1.807, 2.05) is 6.07 Å². The van der Waals surface area contributed by atoms with Gasteiger partial charge in [-0.05, 0) is 36.8 Å². The molecule has 3 aromatic carbocycles. The van der Waals surface area contributed by atoms with E-state index in [-0.39, 0.29) is 10.6 Å². The number of non-ortho nitro benzene ring substituents is 1. The molecule has 160 valence electrons. The molecule has 3 aromatic rings. The van der Waals surface area contributed by atoms with Gasteiger partial charge >= 0.3 is 0 Å². The van der Waals surface area contributed by atoms with Crippen LogP contribution in [0.15, 0.2) is 48.5 Å². The molecule has 0 radical (unpaired) electrons. The van der Waals surface area contributed by atoms with Crippen molar-refractivity contribution in [2.45, 2.75) is 33.1 Å². The summed E-state index contributed by atoms with van der Waals surface area (Å²) in [6.45, 7) is 7.32. The second-order valence-electron chi connectivity index (χ2n) is 9.34. The highest BCUT2D eigenvalue weighted by Gasteiger charge is 2.36. The number of benzene rings is 3. The zero-order valence-corrected chi connectivity index (χ0v) is 17.9. The molecule has 4 aliphatic heterocycles. The van der Waals surface area contributed by atoms with Crippen molar-refractivity contribution < 1.29 is 4.92 Å². The van der Waals surface area contributed by atoms with Gasteiger partial charge in [0.05, 0.1) is 18.3 Å². The topological polar surface area (TPSA) is 56.1 Å². The van der Waals surface area contributed by atoms with E-state index >= 15 is 0 Å². The molecule has 0 aliphatic carbocycles. The maximum Gasteiger partial charge on any atom is 0.269 e. The van der Waals surface area contributed by atoms with Crippen molar-refractivity contribution in [3.63, 3.8) is 0 Å². The third-order valence-corrected chi connectivity index (χ3v) is 7.36. The minimum absolute atomic E-state index is 0.166. The highest BCUT2D eigenvalue weighted by Crippen LogP contribution is 2.46. The van der Waals surface area contributed by atoms with Gasteiger partial charge in [-0.3, -0.25) is 10.1 Å². The Bertz CT molecular complexity index is 1320. The van der Waals surface area contributed by atoms with Crippen molar-refractivity contribution in [3.8, 4) is 0 Å². The van der Waals surface area contributed by atoms with Crippen LogP contribution in [0.5, 0.6) is 0 Å². The van der Waals surface area contributed by atoms with E-state index in [0.29, 0.717) is 6.54 Å². The van der Waals surface area contributed by atoms with Crippen LogP contribution in [0.2, 0.25) is 0 Å². The molecule has 0 atom stereocenters. The summed E-state index contributed by atoms with van der Waals surface area (Å²) >= 11 is 0. The largest absolute Gasteiger partial charge is 0.349 e. The molecule has 32 heavy (non-hydrogen) atoms. The number of fused-ring (bicyclic) bond motifs is 13. The van der Waals surface area contributed by atoms with Gasteiger partial charge in [0.2, 0.25) is 0 Å². The summed E-state index contributed by atoms with van der Waals surface area (Å²) in [4.78, 5) is 20.7. The van der Waals surface area contributed by atoms with E-state index in [2.05, 4.69) is 56.9 Å². The van der Waals surface area contributed by atoms with Crippen LogP contribution in [0.25, 0.3) is 0 Å². The quantitative estimate of drug-likeness (QED) is 0.423. The van der Waals surface area contributed by atoms with Crippen molar-refractivity contribution in [3.05, 3.63) is 86.5 Å². The zero-order valence-electron chi connectivity index (χ0n) is 17.9. The molecule has 4 aliphatic rings. The van der Waals surface area contributed by atoms with Crippen LogP contribution >= 0.6 is 0 Å². The van der Waals surface area contributed by atoms with Crippen LogP contribution in [-0.4, -0.2) is 18.3 Å². The van der Waals surface area contributed by atoms with Gasteiger partial charge in [-0.25, -0.2) is 0 Å². The molecule has 4 bridgehead atoms. The molecule has 0 unspecified atom stereocenters. The number of nitro groups is 1. The summed E-state index contributed by atoms with van der Waals surface area (Å²) in [5.41, 5.74) is 11.8. The molecular formula is C25H23N5O2. The van der Waals surface area contributed by atoms with Gasteiger partial charge < -0.3 is 19.6 Å². The Balaban J connectivity index is 1.30. The van der Waals surface area contributed by atoms with E-state index < -0.39 is 0 Å². The lowest BCUT2D eigenvalue weighted by molar-refractivity contribution is -0.384. The highest BCUT2D eigenvalue weighted by molar-refractivity contribution is 5.77. The van der Waals surface area contributed by atoms with Crippen LogP contribution in [0.3, 0.4) is 0 Å². The fourth-order valence-electron chi connectivity index (χ4n) is 5.93. The maximum absolute atomic E-state index is 11.3. The fourth-order valence-corrected chi connectivity index (χ4v) is 5.93. The Morgan fingerprint density at radius 3 is 1.78 bits per heavy atom. The van der Waals surface area contributed by atoms with Crippen LogP contribution in [0, 0.1) is 17.0 Å². The number of hydrogen-bond donors (Lipinski definition) is 0. The molecule has 0 saturated heterocycles. The first-order valence-corrected chi connectivity index (χ1v) is 11.1. The molecule has 0 saturated carbocycles. The van der Waals surface area contributed by atoms with Crippen molar-refractivity contribution in [2.24, 2.45) is 0 Å². The standard InChI is InChI=1S/C25H23N5O2/c1-16-2-4-22-17(8-16)10-26-14-28(22)12-20-21-13-29-15-27(25(21)7-6-24(20)26)11-18-9-19(30(31)32)3-5-23(18)29/h2-9H,10-15H2,1H3. The Morgan fingerprint density at radius 2 is 1.19 bits per heavy atom. The molecule has 0 aromatic heterocycles. The first kappa shape index (κ1) is 17.9. The monoisotopic (exact) mass is 425 g/mol. The number of anilines is 4. The van der Waals surface area contributed by atoms with Gasteiger partial charge in [-0.1, -0.05) is 17.7 Å². The summed E-state index contributed by atoms with van der Waals surface area (Å²) < 4.78 is 0. The lowest BCUT2D eigenvalue weighted by Gasteiger charge is -2.49. The van der Waals surface area contributed by atoms with Crippen LogP contribution < -0.4 is 19.6 Å². The molecule has 7 nitrogen and oxygen atoms in total. The minimum atomic E-state index is -0.305. The van der Waals surface area contributed by atoms with E-state index in [1.165, 1.54) is 39.3 Å². The van der Waals surface area contributed by atoms with Crippen LogP contribution in [-0.2, 0) is 26.2 Å². The van der Waals surface area contributed by atoms with Crippen molar-refractivity contribution in [1.29, 1.82) is 0 Å². The summed E-state index contributed by atoms with van der Waals surface area (Å²) in [6, 6.07) is 16.6. The van der Waals surface area contributed by atoms with Gasteiger partial charge in [0.1, 0.15) is 0 Å². The van der Waals surface area contributed by atoms with E-state index in [1.54, 1.807) is 12.1 Å². The second kappa shape index (κ2) is 6.16. The third kappa shape index (κ3) is 2.42. The van der Waals surface area contributed by atoms with E-state index in [4.69, 9.17) is 0 Å². The normalized spacial score (nSPS) is 17.4. The van der Waals surface area contributed by atoms with Gasteiger partial charge in [-0.2, -0.15) is 0 Å². The van der Waals surface area contributed by atoms with Crippen molar-refractivity contribution in [1.82, 2.24) is 0 Å². The second-order valence-corrected chi connectivity index (χ2v) is 9.34. The zero-order chi connectivity index (χ0) is 21.6. The van der Waals surface area contributed by atoms with E-state index in [0.717, 1.165) is 44.2 Å². The number of hydrogen-bond acceptors (Lipinski definition) is 6. The Morgan fingerprint density at radius 1 is 0.688 bits per heavy atom. The smallest absolute Gasteiger partial charge is 0.269 e. The molecule has 7 rings (SSSR count). The molecule has 0 N–H and O–H groups in total. The lowest BCUT2D eigenvalue weighted by Crippen LogP contribution is -2.49. The first-order valence-electron chi connectivity index (χ1n) is 11.1. The van der Waals surface area contributed by atoms with Gasteiger partial charge in [0, 0.05) is 77.8 Å². The third-order valence-electron chi connectivity index (χ3n) is 7.36. The van der Waals surface area contributed by atoms with Gasteiger partial charge in [0.15, 0.2) is 0 Å². The van der Waals surface area contributed by atoms with Gasteiger partial charge in [0.25, 0.3) is 5.69 Å². The molecule has 0 fully saturated rings. The molecule has 0 spiro atoms. The minimum Gasteiger partial charge on any atom is -0.349 e. The summed E-state index contributed by atoms with van der Waals surface area (Å²) in [5, 5.41) is 11.3. The van der Waals surface area contributed by atoms with Crippen molar-refractivity contribution >= 4 is 28.4 Å². The molecule has 7 heteroatoms. The number of nitro benzene ring substituents is 1. The summed E-state index contributed by atoms with van der Waals surface area (Å²) in [5.74, 6) is 0. The molecule has 4 heterocycles. The Labute approximate surface area is 186 Å². The van der Waals surface area contributed by atoms with Crippen LogP contribution in [0.4, 0.5) is 28.4 Å². The Hall–Kier alpha value is -3.74. The molecular weight excluding hydrogens is 402 g/mol. The predicted octanol–water partition coefficient (Wildman–Crippen LogP) is 4.50. The number of rotatable bonds is 1. The highest BCUT2D eigenvalue weighted by atomic mass is 16.6. The predicted molar refractivity (Wildman–Crippen MR) is 125 cm³/mol. The summed E-state index contributed by atoms with van der Waals surface area (Å²) in [7, 11) is 0. The fraction of sp³-hybridized carbons (Fsp3) is 0.280. The van der Waals surface area contributed by atoms with Gasteiger partial charge in [-0.15, -0.1) is 0 Å².